The van der Waals surface area contributed by atoms with E-state index >= 15 is 0 Å². The number of benzene rings is 2. The van der Waals surface area contributed by atoms with Crippen LogP contribution in [0, 0.1) is 0 Å². The highest BCUT2D eigenvalue weighted by Crippen LogP contribution is 2.22. The van der Waals surface area contributed by atoms with Crippen LogP contribution in [-0.2, 0) is 4.79 Å². The second kappa shape index (κ2) is 6.80. The lowest BCUT2D eigenvalue weighted by Gasteiger charge is -2.12. The first-order valence-electron chi connectivity index (χ1n) is 7.27. The summed E-state index contributed by atoms with van der Waals surface area (Å²) < 4.78 is 0. The third-order valence-electron chi connectivity index (χ3n) is 3.59. The number of nitrogens with zero attached hydrogens (tertiary/aromatic N) is 1. The quantitative estimate of drug-likeness (QED) is 0.783. The number of fused-ring (bicyclic) bond motifs is 1. The van der Waals surface area contributed by atoms with Gasteiger partial charge in [0.2, 0.25) is 5.12 Å². The van der Waals surface area contributed by atoms with E-state index in [4.69, 9.17) is 0 Å². The standard InChI is InChI=1S/C18H13NO4S/c20-13(11-24-18(23)12-6-2-1-3-7-12)10-19-16(21)14-8-4-5-9-15(14)17(19)22/h1-9H,10-11H2. The maximum atomic E-state index is 12.2. The van der Waals surface area contributed by atoms with E-state index in [2.05, 4.69) is 0 Å². The number of amides is 2. The molecular weight excluding hydrogens is 326 g/mol. The molecule has 3 rings (SSSR count). The fourth-order valence-corrected chi connectivity index (χ4v) is 3.09. The molecule has 0 saturated carbocycles. The first-order chi connectivity index (χ1) is 11.6. The molecule has 0 aliphatic carbocycles. The van der Waals surface area contributed by atoms with Crippen LogP contribution in [0.1, 0.15) is 31.1 Å². The number of imide groups is 1. The van der Waals surface area contributed by atoms with Gasteiger partial charge in [0.25, 0.3) is 11.8 Å². The van der Waals surface area contributed by atoms with Crippen molar-refractivity contribution in [2.45, 2.75) is 0 Å². The van der Waals surface area contributed by atoms with E-state index in [1.807, 2.05) is 0 Å². The van der Waals surface area contributed by atoms with Gasteiger partial charge in [-0.3, -0.25) is 24.1 Å². The SMILES string of the molecule is O=C(CSC(=O)c1ccccc1)CN1C(=O)c2ccccc2C1=O. The Kier molecular flexibility index (Phi) is 4.57. The number of carbonyl (C=O) groups excluding carboxylic acids is 4. The van der Waals surface area contributed by atoms with E-state index in [0.717, 1.165) is 16.7 Å². The van der Waals surface area contributed by atoms with Crippen LogP contribution in [0.3, 0.4) is 0 Å². The minimum Gasteiger partial charge on any atom is -0.297 e. The predicted octanol–water partition coefficient (Wildman–Crippen LogP) is 2.43. The number of ketones is 1. The summed E-state index contributed by atoms with van der Waals surface area (Å²) in [6.45, 7) is -0.318. The summed E-state index contributed by atoms with van der Waals surface area (Å²) in [5.74, 6) is -1.37. The van der Waals surface area contributed by atoms with E-state index in [1.165, 1.54) is 0 Å². The van der Waals surface area contributed by atoms with Crippen molar-refractivity contribution >= 4 is 34.5 Å². The van der Waals surface area contributed by atoms with Gasteiger partial charge in [-0.2, -0.15) is 0 Å². The van der Waals surface area contributed by atoms with Gasteiger partial charge < -0.3 is 0 Å². The van der Waals surface area contributed by atoms with Gasteiger partial charge in [-0.1, -0.05) is 54.2 Å². The van der Waals surface area contributed by atoms with Gasteiger partial charge in [-0.05, 0) is 12.1 Å². The Morgan fingerprint density at radius 2 is 1.38 bits per heavy atom. The molecule has 2 amide bonds. The summed E-state index contributed by atoms with van der Waals surface area (Å²) in [6, 6.07) is 15.1. The van der Waals surface area contributed by atoms with E-state index in [0.29, 0.717) is 16.7 Å². The van der Waals surface area contributed by atoms with Gasteiger partial charge >= 0.3 is 0 Å². The average molecular weight is 339 g/mol. The number of thioether (sulfide) groups is 1. The van der Waals surface area contributed by atoms with Crippen LogP contribution in [0.15, 0.2) is 54.6 Å². The summed E-state index contributed by atoms with van der Waals surface area (Å²) in [4.78, 5) is 49.3. The fraction of sp³-hybridized carbons (Fsp3) is 0.111. The zero-order valence-electron chi connectivity index (χ0n) is 12.6. The van der Waals surface area contributed by atoms with E-state index in [1.54, 1.807) is 54.6 Å². The monoisotopic (exact) mass is 339 g/mol. The van der Waals surface area contributed by atoms with Crippen LogP contribution in [0.5, 0.6) is 0 Å². The van der Waals surface area contributed by atoms with Crippen LogP contribution in [-0.4, -0.2) is 39.9 Å². The number of Topliss-reactive ketones (excluding diaryl/α,β-unsaturated/α-hetero) is 1. The lowest BCUT2D eigenvalue weighted by molar-refractivity contribution is -0.116. The van der Waals surface area contributed by atoms with E-state index in [9.17, 15) is 19.2 Å². The van der Waals surface area contributed by atoms with Crippen molar-refractivity contribution in [3.8, 4) is 0 Å². The van der Waals surface area contributed by atoms with Crippen molar-refractivity contribution in [1.82, 2.24) is 4.90 Å². The Hall–Kier alpha value is -2.73. The molecule has 0 N–H and O–H groups in total. The molecule has 0 unspecified atom stereocenters. The molecule has 2 aromatic carbocycles. The topological polar surface area (TPSA) is 71.5 Å². The van der Waals surface area contributed by atoms with Gasteiger partial charge in [0.15, 0.2) is 5.78 Å². The first kappa shape index (κ1) is 16.1. The molecule has 6 heteroatoms. The van der Waals surface area contributed by atoms with Crippen molar-refractivity contribution in [3.05, 3.63) is 71.3 Å². The van der Waals surface area contributed by atoms with Gasteiger partial charge in [0, 0.05) is 5.56 Å². The third-order valence-corrected chi connectivity index (χ3v) is 4.55. The zero-order chi connectivity index (χ0) is 17.1. The highest BCUT2D eigenvalue weighted by atomic mass is 32.2. The predicted molar refractivity (Wildman–Crippen MR) is 90.0 cm³/mol. The van der Waals surface area contributed by atoms with Gasteiger partial charge in [0.05, 0.1) is 23.4 Å². The highest BCUT2D eigenvalue weighted by molar-refractivity contribution is 8.14. The van der Waals surface area contributed by atoms with Crippen molar-refractivity contribution in [2.75, 3.05) is 12.3 Å². The lowest BCUT2D eigenvalue weighted by atomic mass is 10.1. The molecular formula is C18H13NO4S. The van der Waals surface area contributed by atoms with E-state index in [-0.39, 0.29) is 23.2 Å². The highest BCUT2D eigenvalue weighted by Gasteiger charge is 2.36. The minimum atomic E-state index is -0.469. The van der Waals surface area contributed by atoms with Gasteiger partial charge in [-0.15, -0.1) is 0 Å². The van der Waals surface area contributed by atoms with Crippen LogP contribution < -0.4 is 0 Å². The second-order valence-corrected chi connectivity index (χ2v) is 6.17. The molecule has 24 heavy (non-hydrogen) atoms. The van der Waals surface area contributed by atoms with Crippen molar-refractivity contribution < 1.29 is 19.2 Å². The second-order valence-electron chi connectivity index (χ2n) is 5.22. The summed E-state index contributed by atoms with van der Waals surface area (Å²) >= 11 is 0.870. The Morgan fingerprint density at radius 1 is 0.833 bits per heavy atom. The van der Waals surface area contributed by atoms with Crippen molar-refractivity contribution in [2.24, 2.45) is 0 Å². The van der Waals surface area contributed by atoms with Crippen LogP contribution in [0.2, 0.25) is 0 Å². The smallest absolute Gasteiger partial charge is 0.261 e. The number of rotatable bonds is 5. The Balaban J connectivity index is 1.59. The summed E-state index contributed by atoms with van der Waals surface area (Å²) in [5.41, 5.74) is 1.13. The lowest BCUT2D eigenvalue weighted by Crippen LogP contribution is -2.35. The van der Waals surface area contributed by atoms with Crippen LogP contribution in [0.25, 0.3) is 0 Å². The van der Waals surface area contributed by atoms with Crippen LogP contribution in [0.4, 0.5) is 0 Å². The molecule has 5 nitrogen and oxygen atoms in total. The van der Waals surface area contributed by atoms with Crippen molar-refractivity contribution in [1.29, 1.82) is 0 Å². The molecule has 2 aromatic rings. The number of carbonyl (C=O) groups is 4. The van der Waals surface area contributed by atoms with E-state index < -0.39 is 11.8 Å². The first-order valence-corrected chi connectivity index (χ1v) is 8.25. The molecule has 120 valence electrons. The van der Waals surface area contributed by atoms with Gasteiger partial charge in [-0.25, -0.2) is 0 Å². The average Bonchev–Trinajstić information content (AvgIpc) is 2.86. The largest absolute Gasteiger partial charge is 0.297 e. The Labute approximate surface area is 142 Å². The Bertz CT molecular complexity index is 797. The molecule has 1 aliphatic rings. The van der Waals surface area contributed by atoms with Crippen molar-refractivity contribution in [3.63, 3.8) is 0 Å². The summed E-state index contributed by atoms with van der Waals surface area (Å²) in [5, 5.41) is -0.216. The molecule has 0 bridgehead atoms. The maximum absolute atomic E-state index is 12.2. The normalized spacial score (nSPS) is 13.1. The molecule has 0 radical (unpaired) electrons. The van der Waals surface area contributed by atoms with Gasteiger partial charge in [0.1, 0.15) is 0 Å². The minimum absolute atomic E-state index is 0.0822. The maximum Gasteiger partial charge on any atom is 0.261 e. The number of hydrogen-bond acceptors (Lipinski definition) is 5. The van der Waals surface area contributed by atoms with Crippen LogP contribution >= 0.6 is 11.8 Å². The number of hydrogen-bond donors (Lipinski definition) is 0. The molecule has 1 heterocycles. The Morgan fingerprint density at radius 3 is 1.96 bits per heavy atom. The summed E-state index contributed by atoms with van der Waals surface area (Å²) in [6.07, 6.45) is 0. The molecule has 1 aliphatic heterocycles. The molecule has 0 aromatic heterocycles. The molecule has 0 fully saturated rings. The fourth-order valence-electron chi connectivity index (χ4n) is 2.41. The molecule has 0 spiro atoms. The third kappa shape index (κ3) is 3.14. The molecule has 0 atom stereocenters. The molecule has 0 saturated heterocycles. The summed E-state index contributed by atoms with van der Waals surface area (Å²) in [7, 11) is 0. The zero-order valence-corrected chi connectivity index (χ0v) is 13.4.